The summed E-state index contributed by atoms with van der Waals surface area (Å²) in [6.45, 7) is 0.0810. The summed E-state index contributed by atoms with van der Waals surface area (Å²) in [7, 11) is 0. The van der Waals surface area contributed by atoms with Crippen molar-refractivity contribution < 1.29 is 22.4 Å². The van der Waals surface area contributed by atoms with Gasteiger partial charge in [-0.25, -0.2) is 0 Å². The van der Waals surface area contributed by atoms with Crippen LogP contribution in [0.5, 0.6) is 5.75 Å². The van der Waals surface area contributed by atoms with E-state index in [0.29, 0.717) is 11.3 Å². The standard InChI is InChI=1S/C16H11F3N2O2/c17-16(18,19)12-8-6-11(7-9-12)15-20-14(23-21-15)10-22-13-4-2-1-3-5-13/h1-9H,10H2. The predicted octanol–water partition coefficient (Wildman–Crippen LogP) is 4.33. The summed E-state index contributed by atoms with van der Waals surface area (Å²) in [4.78, 5) is 4.10. The van der Waals surface area contributed by atoms with Gasteiger partial charge in [0.25, 0.3) is 5.89 Å². The SMILES string of the molecule is FC(F)(F)c1ccc(-c2noc(COc3ccccc3)n2)cc1. The van der Waals surface area contributed by atoms with Crippen molar-refractivity contribution in [3.8, 4) is 17.1 Å². The van der Waals surface area contributed by atoms with E-state index in [2.05, 4.69) is 10.1 Å². The molecule has 0 amide bonds. The molecule has 0 fully saturated rings. The van der Waals surface area contributed by atoms with Crippen LogP contribution in [0.1, 0.15) is 11.5 Å². The van der Waals surface area contributed by atoms with Gasteiger partial charge in [0, 0.05) is 5.56 Å². The molecule has 0 saturated heterocycles. The van der Waals surface area contributed by atoms with Crippen molar-refractivity contribution in [3.63, 3.8) is 0 Å². The maximum atomic E-state index is 12.5. The first kappa shape index (κ1) is 15.1. The summed E-state index contributed by atoms with van der Waals surface area (Å²) < 4.78 is 48.1. The fraction of sp³-hybridized carbons (Fsp3) is 0.125. The topological polar surface area (TPSA) is 48.2 Å². The fourth-order valence-electron chi connectivity index (χ4n) is 1.90. The first-order chi connectivity index (χ1) is 11.0. The quantitative estimate of drug-likeness (QED) is 0.718. The minimum atomic E-state index is -4.37. The van der Waals surface area contributed by atoms with Gasteiger partial charge in [-0.2, -0.15) is 18.2 Å². The van der Waals surface area contributed by atoms with Crippen molar-refractivity contribution in [3.05, 3.63) is 66.1 Å². The Hall–Kier alpha value is -2.83. The smallest absolute Gasteiger partial charge is 0.416 e. The molecular weight excluding hydrogens is 309 g/mol. The van der Waals surface area contributed by atoms with Crippen molar-refractivity contribution in [2.24, 2.45) is 0 Å². The molecule has 4 nitrogen and oxygen atoms in total. The Morgan fingerprint density at radius 3 is 2.30 bits per heavy atom. The molecule has 0 spiro atoms. The van der Waals surface area contributed by atoms with Crippen LogP contribution in [-0.2, 0) is 12.8 Å². The molecule has 0 aliphatic carbocycles. The predicted molar refractivity (Wildman–Crippen MR) is 75.5 cm³/mol. The average Bonchev–Trinajstić information content (AvgIpc) is 3.02. The summed E-state index contributed by atoms with van der Waals surface area (Å²) in [6, 6.07) is 13.7. The number of rotatable bonds is 4. The maximum Gasteiger partial charge on any atom is 0.416 e. The molecule has 0 radical (unpaired) electrons. The van der Waals surface area contributed by atoms with E-state index in [-0.39, 0.29) is 18.3 Å². The number of hydrogen-bond donors (Lipinski definition) is 0. The van der Waals surface area contributed by atoms with Crippen LogP contribution >= 0.6 is 0 Å². The lowest BCUT2D eigenvalue weighted by atomic mass is 10.1. The normalized spacial score (nSPS) is 11.4. The molecule has 3 aromatic rings. The Labute approximate surface area is 129 Å². The van der Waals surface area contributed by atoms with Gasteiger partial charge in [0.1, 0.15) is 5.75 Å². The summed E-state index contributed by atoms with van der Waals surface area (Å²) in [6.07, 6.45) is -4.37. The summed E-state index contributed by atoms with van der Waals surface area (Å²) in [5, 5.41) is 3.74. The van der Waals surface area contributed by atoms with E-state index in [1.54, 1.807) is 12.1 Å². The monoisotopic (exact) mass is 320 g/mol. The zero-order valence-electron chi connectivity index (χ0n) is 11.7. The molecule has 0 bridgehead atoms. The molecule has 0 atom stereocenters. The van der Waals surface area contributed by atoms with E-state index in [4.69, 9.17) is 9.26 Å². The Morgan fingerprint density at radius 1 is 0.957 bits per heavy atom. The van der Waals surface area contributed by atoms with Gasteiger partial charge in [-0.15, -0.1) is 0 Å². The van der Waals surface area contributed by atoms with E-state index in [1.165, 1.54) is 12.1 Å². The van der Waals surface area contributed by atoms with Gasteiger partial charge in [-0.3, -0.25) is 0 Å². The molecule has 1 aromatic heterocycles. The number of halogens is 3. The Morgan fingerprint density at radius 2 is 1.65 bits per heavy atom. The molecule has 1 heterocycles. The van der Waals surface area contributed by atoms with Gasteiger partial charge in [0.15, 0.2) is 6.61 Å². The van der Waals surface area contributed by atoms with Crippen LogP contribution in [0.15, 0.2) is 59.1 Å². The second-order valence-electron chi connectivity index (χ2n) is 4.69. The van der Waals surface area contributed by atoms with Crippen molar-refractivity contribution in [1.82, 2.24) is 10.1 Å². The Kier molecular flexibility index (Phi) is 4.01. The number of ether oxygens (including phenoxy) is 1. The van der Waals surface area contributed by atoms with Crippen LogP contribution in [0, 0.1) is 0 Å². The minimum absolute atomic E-state index is 0.0810. The largest absolute Gasteiger partial charge is 0.484 e. The van der Waals surface area contributed by atoms with Crippen LogP contribution < -0.4 is 4.74 Å². The van der Waals surface area contributed by atoms with E-state index in [0.717, 1.165) is 12.1 Å². The Balaban J connectivity index is 1.69. The van der Waals surface area contributed by atoms with Crippen molar-refractivity contribution in [1.29, 1.82) is 0 Å². The molecule has 23 heavy (non-hydrogen) atoms. The zero-order chi connectivity index (χ0) is 16.3. The third kappa shape index (κ3) is 3.68. The van der Waals surface area contributed by atoms with Gasteiger partial charge < -0.3 is 9.26 Å². The molecule has 2 aromatic carbocycles. The second-order valence-corrected chi connectivity index (χ2v) is 4.69. The number of nitrogens with zero attached hydrogens (tertiary/aromatic N) is 2. The van der Waals surface area contributed by atoms with E-state index in [1.807, 2.05) is 18.2 Å². The first-order valence-electron chi connectivity index (χ1n) is 6.70. The van der Waals surface area contributed by atoms with Gasteiger partial charge in [0.2, 0.25) is 5.82 Å². The highest BCUT2D eigenvalue weighted by atomic mass is 19.4. The molecule has 0 saturated carbocycles. The lowest BCUT2D eigenvalue weighted by Crippen LogP contribution is -2.04. The molecular formula is C16H11F3N2O2. The molecule has 0 aliphatic rings. The number of alkyl halides is 3. The van der Waals surface area contributed by atoms with Crippen LogP contribution in [0.25, 0.3) is 11.4 Å². The van der Waals surface area contributed by atoms with Crippen molar-refractivity contribution >= 4 is 0 Å². The van der Waals surface area contributed by atoms with Gasteiger partial charge >= 0.3 is 6.18 Å². The average molecular weight is 320 g/mol. The number of para-hydroxylation sites is 1. The number of benzene rings is 2. The summed E-state index contributed by atoms with van der Waals surface area (Å²) >= 11 is 0. The van der Waals surface area contributed by atoms with E-state index in [9.17, 15) is 13.2 Å². The molecule has 0 aliphatic heterocycles. The second kappa shape index (κ2) is 6.12. The van der Waals surface area contributed by atoms with Crippen LogP contribution in [0.2, 0.25) is 0 Å². The summed E-state index contributed by atoms with van der Waals surface area (Å²) in [5.74, 6) is 1.11. The lowest BCUT2D eigenvalue weighted by molar-refractivity contribution is -0.137. The first-order valence-corrected chi connectivity index (χ1v) is 6.70. The zero-order valence-corrected chi connectivity index (χ0v) is 11.7. The van der Waals surface area contributed by atoms with Crippen molar-refractivity contribution in [2.45, 2.75) is 12.8 Å². The highest BCUT2D eigenvalue weighted by molar-refractivity contribution is 5.54. The van der Waals surface area contributed by atoms with Crippen molar-refractivity contribution in [2.75, 3.05) is 0 Å². The van der Waals surface area contributed by atoms with Crippen LogP contribution in [-0.4, -0.2) is 10.1 Å². The summed E-state index contributed by atoms with van der Waals surface area (Å²) in [5.41, 5.74) is -0.287. The van der Waals surface area contributed by atoms with Crippen LogP contribution in [0.4, 0.5) is 13.2 Å². The third-order valence-electron chi connectivity index (χ3n) is 3.04. The lowest BCUT2D eigenvalue weighted by Gasteiger charge is -2.05. The molecule has 0 N–H and O–H groups in total. The Bertz CT molecular complexity index is 768. The number of aromatic nitrogens is 2. The van der Waals surface area contributed by atoms with Gasteiger partial charge in [-0.1, -0.05) is 35.5 Å². The molecule has 3 rings (SSSR count). The van der Waals surface area contributed by atoms with Crippen LogP contribution in [0.3, 0.4) is 0 Å². The highest BCUT2D eigenvalue weighted by Crippen LogP contribution is 2.30. The van der Waals surface area contributed by atoms with E-state index < -0.39 is 11.7 Å². The van der Waals surface area contributed by atoms with Gasteiger partial charge in [0.05, 0.1) is 5.56 Å². The van der Waals surface area contributed by atoms with Gasteiger partial charge in [-0.05, 0) is 24.3 Å². The highest BCUT2D eigenvalue weighted by Gasteiger charge is 2.30. The fourth-order valence-corrected chi connectivity index (χ4v) is 1.90. The molecule has 0 unspecified atom stereocenters. The molecule has 7 heteroatoms. The molecule has 118 valence electrons. The maximum absolute atomic E-state index is 12.5. The number of hydrogen-bond acceptors (Lipinski definition) is 4. The van der Waals surface area contributed by atoms with E-state index >= 15 is 0 Å². The third-order valence-corrected chi connectivity index (χ3v) is 3.04. The minimum Gasteiger partial charge on any atom is -0.484 e.